The second kappa shape index (κ2) is 6.76. The van der Waals surface area contributed by atoms with Crippen molar-refractivity contribution in [1.29, 1.82) is 0 Å². The first kappa shape index (κ1) is 15.6. The van der Waals surface area contributed by atoms with Gasteiger partial charge < -0.3 is 20.5 Å². The molecule has 0 aliphatic heterocycles. The van der Waals surface area contributed by atoms with Crippen molar-refractivity contribution in [3.05, 3.63) is 58.0 Å². The van der Waals surface area contributed by atoms with Crippen molar-refractivity contribution in [2.24, 2.45) is 0 Å². The predicted octanol–water partition coefficient (Wildman–Crippen LogP) is 0.780. The van der Waals surface area contributed by atoms with E-state index < -0.39 is 22.8 Å². The molecule has 1 aromatic heterocycles. The molecule has 1 unspecified atom stereocenters. The number of carbonyl (C=O) groups excluding carboxylic acids is 1. The molecule has 0 saturated heterocycles. The van der Waals surface area contributed by atoms with Gasteiger partial charge in [0.05, 0.1) is 23.5 Å². The van der Waals surface area contributed by atoms with E-state index in [-0.39, 0.29) is 24.5 Å². The van der Waals surface area contributed by atoms with Crippen molar-refractivity contribution in [2.75, 3.05) is 6.54 Å². The Morgan fingerprint density at radius 2 is 2.18 bits per heavy atom. The first-order chi connectivity index (χ1) is 10.5. The molecule has 2 aromatic rings. The van der Waals surface area contributed by atoms with Crippen molar-refractivity contribution < 1.29 is 19.2 Å². The summed E-state index contributed by atoms with van der Waals surface area (Å²) in [7, 11) is 0. The molecule has 0 bridgehead atoms. The SMILES string of the molecule is O=C(Cn1ccc([N+](=O)[O-])n1)NCC(O)c1ccccc1F. The van der Waals surface area contributed by atoms with E-state index in [1.54, 1.807) is 6.07 Å². The number of nitrogens with zero attached hydrogens (tertiary/aromatic N) is 3. The number of hydrogen-bond acceptors (Lipinski definition) is 5. The molecule has 0 spiro atoms. The molecule has 0 radical (unpaired) electrons. The third kappa shape index (κ3) is 3.85. The number of aliphatic hydroxyl groups is 1. The minimum absolute atomic E-state index is 0.0810. The zero-order valence-corrected chi connectivity index (χ0v) is 11.3. The Labute approximate surface area is 124 Å². The lowest BCUT2D eigenvalue weighted by molar-refractivity contribution is -0.389. The van der Waals surface area contributed by atoms with Gasteiger partial charge in [-0.05, 0) is 11.0 Å². The van der Waals surface area contributed by atoms with Crippen LogP contribution < -0.4 is 5.32 Å². The molecule has 2 rings (SSSR count). The number of nitro groups is 1. The van der Waals surface area contributed by atoms with Crippen LogP contribution in [0.1, 0.15) is 11.7 Å². The number of halogens is 1. The average molecular weight is 308 g/mol. The first-order valence-electron chi connectivity index (χ1n) is 6.34. The molecule has 22 heavy (non-hydrogen) atoms. The van der Waals surface area contributed by atoms with E-state index in [2.05, 4.69) is 10.4 Å². The number of carbonyl (C=O) groups is 1. The van der Waals surface area contributed by atoms with Gasteiger partial charge >= 0.3 is 5.82 Å². The minimum atomic E-state index is -1.18. The largest absolute Gasteiger partial charge is 0.389 e. The van der Waals surface area contributed by atoms with Gasteiger partial charge in [-0.15, -0.1) is 0 Å². The number of aromatic nitrogens is 2. The maximum atomic E-state index is 13.4. The predicted molar refractivity (Wildman–Crippen MR) is 73.3 cm³/mol. The molecule has 1 aromatic carbocycles. The lowest BCUT2D eigenvalue weighted by atomic mass is 10.1. The highest BCUT2D eigenvalue weighted by Gasteiger charge is 2.16. The van der Waals surface area contributed by atoms with Gasteiger partial charge in [0.1, 0.15) is 12.4 Å². The quantitative estimate of drug-likeness (QED) is 0.605. The third-order valence-corrected chi connectivity index (χ3v) is 2.88. The molecule has 2 N–H and O–H groups in total. The summed E-state index contributed by atoms with van der Waals surface area (Å²) in [5.41, 5.74) is 0.0810. The van der Waals surface area contributed by atoms with Gasteiger partial charge in [0.25, 0.3) is 0 Å². The van der Waals surface area contributed by atoms with Crippen LogP contribution in [0.15, 0.2) is 36.5 Å². The monoisotopic (exact) mass is 308 g/mol. The molecule has 9 heteroatoms. The fourth-order valence-corrected chi connectivity index (χ4v) is 1.81. The fraction of sp³-hybridized carbons (Fsp3) is 0.231. The molecule has 1 heterocycles. The van der Waals surface area contributed by atoms with Gasteiger partial charge in [-0.25, -0.2) is 4.39 Å². The zero-order chi connectivity index (χ0) is 16.1. The Bertz CT molecular complexity index is 688. The molecule has 0 fully saturated rings. The van der Waals surface area contributed by atoms with E-state index in [1.165, 1.54) is 30.5 Å². The number of benzene rings is 1. The highest BCUT2D eigenvalue weighted by atomic mass is 19.1. The Hall–Kier alpha value is -2.81. The average Bonchev–Trinajstić information content (AvgIpc) is 2.94. The fourth-order valence-electron chi connectivity index (χ4n) is 1.81. The number of aliphatic hydroxyl groups excluding tert-OH is 1. The summed E-state index contributed by atoms with van der Waals surface area (Å²) in [5.74, 6) is -1.43. The van der Waals surface area contributed by atoms with Crippen LogP contribution in [-0.2, 0) is 11.3 Å². The molecule has 0 aliphatic rings. The molecule has 0 aliphatic carbocycles. The van der Waals surface area contributed by atoms with Crippen LogP contribution in [0.5, 0.6) is 0 Å². The van der Waals surface area contributed by atoms with Gasteiger partial charge in [0.2, 0.25) is 5.91 Å². The normalized spacial score (nSPS) is 11.9. The van der Waals surface area contributed by atoms with Crippen LogP contribution in [-0.4, -0.2) is 32.3 Å². The van der Waals surface area contributed by atoms with Gasteiger partial charge in [-0.2, -0.15) is 4.68 Å². The molecule has 1 atom stereocenters. The van der Waals surface area contributed by atoms with Gasteiger partial charge in [-0.1, -0.05) is 18.2 Å². The van der Waals surface area contributed by atoms with E-state index in [9.17, 15) is 24.4 Å². The number of rotatable bonds is 6. The highest BCUT2D eigenvalue weighted by Crippen LogP contribution is 2.15. The summed E-state index contributed by atoms with van der Waals surface area (Å²) in [6.45, 7) is -0.416. The standard InChI is InChI=1S/C13H13FN4O4/c14-10-4-2-1-3-9(10)11(19)7-15-13(20)8-17-6-5-12(16-17)18(21)22/h1-6,11,19H,7-8H2,(H,15,20). The number of hydrogen-bond donors (Lipinski definition) is 2. The Balaban J connectivity index is 1.87. The van der Waals surface area contributed by atoms with Crippen LogP contribution in [0, 0.1) is 15.9 Å². The van der Waals surface area contributed by atoms with Crippen molar-refractivity contribution >= 4 is 11.7 Å². The Morgan fingerprint density at radius 3 is 2.82 bits per heavy atom. The van der Waals surface area contributed by atoms with Crippen molar-refractivity contribution in [2.45, 2.75) is 12.6 Å². The smallest absolute Gasteiger partial charge is 0.386 e. The van der Waals surface area contributed by atoms with Crippen molar-refractivity contribution in [1.82, 2.24) is 15.1 Å². The summed E-state index contributed by atoms with van der Waals surface area (Å²) in [4.78, 5) is 21.5. The van der Waals surface area contributed by atoms with Gasteiger partial charge in [0.15, 0.2) is 0 Å². The Morgan fingerprint density at radius 1 is 1.45 bits per heavy atom. The number of amides is 1. The van der Waals surface area contributed by atoms with E-state index in [1.807, 2.05) is 0 Å². The van der Waals surface area contributed by atoms with Crippen LogP contribution in [0.2, 0.25) is 0 Å². The van der Waals surface area contributed by atoms with Crippen molar-refractivity contribution in [3.8, 4) is 0 Å². The summed E-state index contributed by atoms with van der Waals surface area (Å²) < 4.78 is 14.5. The second-order valence-corrected chi connectivity index (χ2v) is 4.47. The van der Waals surface area contributed by atoms with Crippen molar-refractivity contribution in [3.63, 3.8) is 0 Å². The molecular weight excluding hydrogens is 295 g/mol. The summed E-state index contributed by atoms with van der Waals surface area (Å²) >= 11 is 0. The molecular formula is C13H13FN4O4. The van der Waals surface area contributed by atoms with E-state index in [0.717, 1.165) is 4.68 Å². The zero-order valence-electron chi connectivity index (χ0n) is 11.3. The maximum absolute atomic E-state index is 13.4. The molecule has 8 nitrogen and oxygen atoms in total. The van der Waals surface area contributed by atoms with E-state index >= 15 is 0 Å². The highest BCUT2D eigenvalue weighted by molar-refractivity contribution is 5.75. The number of nitrogens with one attached hydrogen (secondary N) is 1. The maximum Gasteiger partial charge on any atom is 0.389 e. The summed E-state index contributed by atoms with van der Waals surface area (Å²) in [5, 5.41) is 26.3. The van der Waals surface area contributed by atoms with E-state index in [4.69, 9.17) is 0 Å². The van der Waals surface area contributed by atoms with E-state index in [0.29, 0.717) is 0 Å². The minimum Gasteiger partial charge on any atom is -0.386 e. The van der Waals surface area contributed by atoms with Crippen LogP contribution in [0.4, 0.5) is 10.2 Å². The molecule has 0 saturated carbocycles. The Kier molecular flexibility index (Phi) is 4.79. The van der Waals surface area contributed by atoms with Crippen LogP contribution in [0.3, 0.4) is 0 Å². The lowest BCUT2D eigenvalue weighted by Crippen LogP contribution is -2.31. The van der Waals surface area contributed by atoms with Gasteiger partial charge in [-0.3, -0.25) is 4.79 Å². The molecule has 116 valence electrons. The topological polar surface area (TPSA) is 110 Å². The summed E-state index contributed by atoms with van der Waals surface area (Å²) in [6.07, 6.45) is 0.113. The lowest BCUT2D eigenvalue weighted by Gasteiger charge is -2.12. The second-order valence-electron chi connectivity index (χ2n) is 4.47. The van der Waals surface area contributed by atoms with Gasteiger partial charge in [0, 0.05) is 12.1 Å². The van der Waals surface area contributed by atoms with Crippen LogP contribution >= 0.6 is 0 Å². The first-order valence-corrected chi connectivity index (χ1v) is 6.34. The molecule has 1 amide bonds. The third-order valence-electron chi connectivity index (χ3n) is 2.88. The summed E-state index contributed by atoms with van der Waals surface area (Å²) in [6, 6.07) is 6.87. The van der Waals surface area contributed by atoms with Crippen LogP contribution in [0.25, 0.3) is 0 Å².